The number of hydrogen-bond donors (Lipinski definition) is 2. The van der Waals surface area contributed by atoms with Gasteiger partial charge in [0.2, 0.25) is 0 Å². The maximum absolute atomic E-state index is 5.83. The molecule has 0 fully saturated rings. The normalized spacial score (nSPS) is 11.0. The summed E-state index contributed by atoms with van der Waals surface area (Å²) in [4.78, 5) is 14.7. The first-order valence-corrected chi connectivity index (χ1v) is 11.3. The number of nitrogens with one attached hydrogen (secondary N) is 2. The molecule has 2 aromatic heterocycles. The fourth-order valence-electron chi connectivity index (χ4n) is 3.79. The Morgan fingerprint density at radius 3 is 2.59 bits per heavy atom. The largest absolute Gasteiger partial charge is 0.344 e. The number of aryl methyl sites for hydroxylation is 4. The van der Waals surface area contributed by atoms with Crippen LogP contribution in [0, 0.1) is 27.7 Å². The Bertz CT molecular complexity index is 1210. The fraction of sp³-hybridized carbons (Fsp3) is 0.269. The van der Waals surface area contributed by atoms with Gasteiger partial charge in [-0.15, -0.1) is 0 Å². The molecule has 0 amide bonds. The Morgan fingerprint density at radius 2 is 1.84 bits per heavy atom. The molecule has 2 N–H and O–H groups in total. The topological polar surface area (TPSA) is 56.8 Å². The Morgan fingerprint density at radius 1 is 1.03 bits per heavy atom. The molecule has 0 saturated carbocycles. The van der Waals surface area contributed by atoms with Crippen LogP contribution in [-0.2, 0) is 13.0 Å². The highest BCUT2D eigenvalue weighted by atomic mass is 32.1. The Kier molecular flexibility index (Phi) is 6.51. The minimum absolute atomic E-state index is 0.684. The lowest BCUT2D eigenvalue weighted by molar-refractivity contribution is 0.419. The molecule has 0 bridgehead atoms. The number of rotatable bonds is 6. The van der Waals surface area contributed by atoms with Crippen molar-refractivity contribution < 1.29 is 0 Å². The Hall–Kier alpha value is -3.25. The van der Waals surface area contributed by atoms with Gasteiger partial charge < -0.3 is 15.2 Å². The van der Waals surface area contributed by atoms with Crippen molar-refractivity contribution in [1.29, 1.82) is 0 Å². The van der Waals surface area contributed by atoms with Crippen molar-refractivity contribution in [2.75, 3.05) is 11.9 Å². The standard InChI is InChI=1S/C26H29N5S/c1-17-7-8-22(20(4)12-17)30-26(32)31(16-21-6-5-10-27-15-21)11-9-25-28-23-13-18(2)19(3)14-24(23)29-25/h5-8,10,12-15H,9,11,16H2,1-4H3,(H,28,29)(H,30,32). The third-order valence-corrected chi connectivity index (χ3v) is 6.13. The van der Waals surface area contributed by atoms with E-state index in [-0.39, 0.29) is 0 Å². The first-order chi connectivity index (χ1) is 15.4. The van der Waals surface area contributed by atoms with Crippen molar-refractivity contribution in [3.05, 3.63) is 88.5 Å². The van der Waals surface area contributed by atoms with Crippen molar-refractivity contribution >= 4 is 34.1 Å². The predicted octanol–water partition coefficient (Wildman–Crippen LogP) is 5.63. The number of benzene rings is 2. The van der Waals surface area contributed by atoms with Crippen LogP contribution in [0.3, 0.4) is 0 Å². The van der Waals surface area contributed by atoms with E-state index >= 15 is 0 Å². The number of H-pyrrole nitrogens is 1. The SMILES string of the molecule is Cc1ccc(NC(=S)N(CCc2nc3cc(C)c(C)cc3[nH]2)Cc2cccnc2)c(C)c1. The van der Waals surface area contributed by atoms with Gasteiger partial charge in [0.1, 0.15) is 5.82 Å². The third-order valence-electron chi connectivity index (χ3n) is 5.77. The summed E-state index contributed by atoms with van der Waals surface area (Å²) in [5.74, 6) is 0.968. The van der Waals surface area contributed by atoms with Crippen LogP contribution in [0.15, 0.2) is 54.9 Å². The number of aromatic nitrogens is 3. The van der Waals surface area contributed by atoms with Crippen molar-refractivity contribution in [1.82, 2.24) is 19.9 Å². The van der Waals surface area contributed by atoms with Crippen LogP contribution in [0.5, 0.6) is 0 Å². The molecule has 0 radical (unpaired) electrons. The number of pyridine rings is 1. The molecule has 0 saturated heterocycles. The first kappa shape index (κ1) is 22.0. The number of nitrogens with zero attached hydrogens (tertiary/aromatic N) is 3. The van der Waals surface area contributed by atoms with Gasteiger partial charge in [-0.3, -0.25) is 4.98 Å². The van der Waals surface area contributed by atoms with E-state index in [4.69, 9.17) is 17.2 Å². The van der Waals surface area contributed by atoms with E-state index in [0.717, 1.165) is 41.1 Å². The molecule has 2 aromatic carbocycles. The molecule has 0 aliphatic rings. The van der Waals surface area contributed by atoms with Crippen molar-refractivity contribution in [2.24, 2.45) is 0 Å². The summed E-state index contributed by atoms with van der Waals surface area (Å²) in [6.45, 7) is 9.87. The summed E-state index contributed by atoms with van der Waals surface area (Å²) in [7, 11) is 0. The van der Waals surface area contributed by atoms with E-state index in [0.29, 0.717) is 11.7 Å². The van der Waals surface area contributed by atoms with E-state index in [1.807, 2.05) is 12.3 Å². The molecule has 0 spiro atoms. The van der Waals surface area contributed by atoms with Crippen LogP contribution in [0.1, 0.15) is 33.6 Å². The van der Waals surface area contributed by atoms with Crippen LogP contribution in [0.2, 0.25) is 0 Å². The van der Waals surface area contributed by atoms with Gasteiger partial charge >= 0.3 is 0 Å². The van der Waals surface area contributed by atoms with Crippen LogP contribution < -0.4 is 5.32 Å². The quantitative estimate of drug-likeness (QED) is 0.378. The van der Waals surface area contributed by atoms with E-state index in [1.165, 1.54) is 22.3 Å². The molecule has 164 valence electrons. The molecule has 2 heterocycles. The average Bonchev–Trinajstić information content (AvgIpc) is 3.15. The summed E-state index contributed by atoms with van der Waals surface area (Å²) in [6, 6.07) is 14.7. The van der Waals surface area contributed by atoms with Crippen LogP contribution in [-0.4, -0.2) is 31.5 Å². The number of imidazole rings is 1. The Labute approximate surface area is 194 Å². The molecule has 0 atom stereocenters. The number of fused-ring (bicyclic) bond motifs is 1. The molecular weight excluding hydrogens is 414 g/mol. The third kappa shape index (κ3) is 5.14. The molecule has 0 aliphatic heterocycles. The molecular formula is C26H29N5S. The van der Waals surface area contributed by atoms with Gasteiger partial charge in [-0.2, -0.15) is 0 Å². The zero-order valence-corrected chi connectivity index (χ0v) is 19.9. The zero-order chi connectivity index (χ0) is 22.7. The molecule has 4 rings (SSSR count). The van der Waals surface area contributed by atoms with Gasteiger partial charge in [0.25, 0.3) is 0 Å². The van der Waals surface area contributed by atoms with Gasteiger partial charge in [-0.25, -0.2) is 4.98 Å². The van der Waals surface area contributed by atoms with Gasteiger partial charge in [-0.1, -0.05) is 23.8 Å². The van der Waals surface area contributed by atoms with Gasteiger partial charge in [0, 0.05) is 37.6 Å². The number of anilines is 1. The summed E-state index contributed by atoms with van der Waals surface area (Å²) in [6.07, 6.45) is 4.44. The molecule has 5 nitrogen and oxygen atoms in total. The summed E-state index contributed by atoms with van der Waals surface area (Å²) < 4.78 is 0. The molecule has 0 aliphatic carbocycles. The Balaban J connectivity index is 1.53. The maximum Gasteiger partial charge on any atom is 0.173 e. The highest BCUT2D eigenvalue weighted by Gasteiger charge is 2.14. The summed E-state index contributed by atoms with van der Waals surface area (Å²) >= 11 is 5.83. The molecule has 6 heteroatoms. The van der Waals surface area contributed by atoms with Gasteiger partial charge in [0.05, 0.1) is 11.0 Å². The summed E-state index contributed by atoms with van der Waals surface area (Å²) in [5, 5.41) is 4.14. The van der Waals surface area contributed by atoms with E-state index in [2.05, 4.69) is 84.3 Å². The number of thiocarbonyl (C=S) groups is 1. The molecule has 32 heavy (non-hydrogen) atoms. The first-order valence-electron chi connectivity index (χ1n) is 10.9. The highest BCUT2D eigenvalue weighted by Crippen LogP contribution is 2.19. The minimum Gasteiger partial charge on any atom is -0.344 e. The lowest BCUT2D eigenvalue weighted by Gasteiger charge is -2.26. The summed E-state index contributed by atoms with van der Waals surface area (Å²) in [5.41, 5.74) is 9.19. The predicted molar refractivity (Wildman–Crippen MR) is 136 cm³/mol. The minimum atomic E-state index is 0.684. The molecule has 0 unspecified atom stereocenters. The maximum atomic E-state index is 5.83. The zero-order valence-electron chi connectivity index (χ0n) is 19.1. The van der Waals surface area contributed by atoms with Crippen LogP contribution in [0.25, 0.3) is 11.0 Å². The van der Waals surface area contributed by atoms with Crippen LogP contribution in [0.4, 0.5) is 5.69 Å². The highest BCUT2D eigenvalue weighted by molar-refractivity contribution is 7.80. The van der Waals surface area contributed by atoms with Gasteiger partial charge in [-0.05, 0) is 86.4 Å². The number of hydrogen-bond acceptors (Lipinski definition) is 3. The van der Waals surface area contributed by atoms with E-state index in [9.17, 15) is 0 Å². The van der Waals surface area contributed by atoms with E-state index in [1.54, 1.807) is 6.20 Å². The van der Waals surface area contributed by atoms with Gasteiger partial charge in [0.15, 0.2) is 5.11 Å². The van der Waals surface area contributed by atoms with Crippen LogP contribution >= 0.6 is 12.2 Å². The second-order valence-corrected chi connectivity index (χ2v) is 8.81. The molecule has 4 aromatic rings. The van der Waals surface area contributed by atoms with E-state index < -0.39 is 0 Å². The van der Waals surface area contributed by atoms with Crippen molar-refractivity contribution in [2.45, 2.75) is 40.7 Å². The average molecular weight is 444 g/mol. The monoisotopic (exact) mass is 443 g/mol. The lowest BCUT2D eigenvalue weighted by Crippen LogP contribution is -2.36. The number of aromatic amines is 1. The second kappa shape index (κ2) is 9.49. The smallest absolute Gasteiger partial charge is 0.173 e. The lowest BCUT2D eigenvalue weighted by atomic mass is 10.1. The second-order valence-electron chi connectivity index (χ2n) is 8.42. The van der Waals surface area contributed by atoms with Crippen molar-refractivity contribution in [3.63, 3.8) is 0 Å². The van der Waals surface area contributed by atoms with Crippen molar-refractivity contribution in [3.8, 4) is 0 Å². The fourth-order valence-corrected chi connectivity index (χ4v) is 4.06.